The van der Waals surface area contributed by atoms with Gasteiger partial charge < -0.3 is 9.64 Å². The predicted molar refractivity (Wildman–Crippen MR) is 112 cm³/mol. The first-order valence-corrected chi connectivity index (χ1v) is 10.7. The van der Waals surface area contributed by atoms with E-state index < -0.39 is 10.0 Å². The minimum Gasteiger partial charge on any atom is -0.353 e. The van der Waals surface area contributed by atoms with Crippen LogP contribution in [0.2, 0.25) is 0 Å². The SMILES string of the molecule is C[C@@H](c1ccccc1)N1C[C@@H]2[C@](Br)(C1)C(=O)N1[C@@H](c3ccccc3)CO[C@]21C. The number of alkyl halides is 1. The Bertz CT molecular complexity index is 892. The number of carbonyl (C=O) groups excluding carboxylic acids is 1. The Morgan fingerprint density at radius 3 is 2.43 bits per heavy atom. The number of likely N-dealkylation sites (tertiary alicyclic amines) is 1. The fourth-order valence-corrected chi connectivity index (χ4v) is 6.41. The predicted octanol–water partition coefficient (Wildman–Crippen LogP) is 4.14. The van der Waals surface area contributed by atoms with E-state index in [1.165, 1.54) is 5.56 Å². The average Bonchev–Trinajstić information content (AvgIpc) is 3.31. The van der Waals surface area contributed by atoms with Gasteiger partial charge in [0.2, 0.25) is 5.91 Å². The van der Waals surface area contributed by atoms with E-state index in [0.717, 1.165) is 12.1 Å². The van der Waals surface area contributed by atoms with Crippen LogP contribution in [0.5, 0.6) is 0 Å². The molecule has 0 saturated carbocycles. The van der Waals surface area contributed by atoms with Crippen LogP contribution in [0, 0.1) is 5.92 Å². The summed E-state index contributed by atoms with van der Waals surface area (Å²) in [6, 6.07) is 21.0. The lowest BCUT2D eigenvalue weighted by Gasteiger charge is -2.35. The maximum atomic E-state index is 13.7. The molecule has 3 fully saturated rings. The molecule has 2 aromatic carbocycles. The quantitative estimate of drug-likeness (QED) is 0.672. The number of halogens is 1. The molecule has 0 N–H and O–H groups in total. The monoisotopic (exact) mass is 440 g/mol. The van der Waals surface area contributed by atoms with Crippen molar-refractivity contribution in [3.63, 3.8) is 0 Å². The Kier molecular flexibility index (Phi) is 4.20. The van der Waals surface area contributed by atoms with Crippen LogP contribution in [-0.2, 0) is 9.53 Å². The van der Waals surface area contributed by atoms with Crippen LogP contribution < -0.4 is 0 Å². The van der Waals surface area contributed by atoms with Crippen molar-refractivity contribution in [2.75, 3.05) is 19.7 Å². The molecule has 5 rings (SSSR count). The molecule has 4 nitrogen and oxygen atoms in total. The highest BCUT2D eigenvalue weighted by atomic mass is 79.9. The first kappa shape index (κ1) is 18.3. The van der Waals surface area contributed by atoms with Crippen LogP contribution >= 0.6 is 15.9 Å². The zero-order valence-corrected chi connectivity index (χ0v) is 17.8. The fourth-order valence-electron chi connectivity index (χ4n) is 5.33. The molecule has 0 unspecified atom stereocenters. The molecule has 0 aliphatic carbocycles. The summed E-state index contributed by atoms with van der Waals surface area (Å²) in [5.74, 6) is 0.251. The van der Waals surface area contributed by atoms with E-state index in [4.69, 9.17) is 4.74 Å². The highest BCUT2D eigenvalue weighted by Crippen LogP contribution is 2.58. The average molecular weight is 441 g/mol. The van der Waals surface area contributed by atoms with Crippen molar-refractivity contribution < 1.29 is 9.53 Å². The number of hydrogen-bond acceptors (Lipinski definition) is 3. The summed E-state index contributed by atoms with van der Waals surface area (Å²) in [6.07, 6.45) is 0. The Hall–Kier alpha value is -1.69. The second-order valence-electron chi connectivity index (χ2n) is 8.40. The summed E-state index contributed by atoms with van der Waals surface area (Å²) in [5.41, 5.74) is 1.85. The number of benzene rings is 2. The van der Waals surface area contributed by atoms with Crippen LogP contribution in [0.15, 0.2) is 60.7 Å². The Morgan fingerprint density at radius 2 is 1.75 bits per heavy atom. The highest BCUT2D eigenvalue weighted by Gasteiger charge is 2.71. The van der Waals surface area contributed by atoms with Gasteiger partial charge in [0.15, 0.2) is 0 Å². The third-order valence-corrected chi connectivity index (χ3v) is 8.10. The maximum Gasteiger partial charge on any atom is 0.244 e. The van der Waals surface area contributed by atoms with Crippen LogP contribution in [0.3, 0.4) is 0 Å². The third kappa shape index (κ3) is 2.46. The molecule has 0 bridgehead atoms. The second kappa shape index (κ2) is 6.41. The van der Waals surface area contributed by atoms with Gasteiger partial charge in [-0.15, -0.1) is 0 Å². The van der Waals surface area contributed by atoms with Crippen molar-refractivity contribution in [2.45, 2.75) is 36.0 Å². The Balaban J connectivity index is 1.45. The topological polar surface area (TPSA) is 32.8 Å². The molecule has 5 heteroatoms. The number of rotatable bonds is 3. The van der Waals surface area contributed by atoms with Crippen LogP contribution in [0.4, 0.5) is 0 Å². The summed E-state index contributed by atoms with van der Waals surface area (Å²) in [6.45, 7) is 6.41. The number of nitrogens with zero attached hydrogens (tertiary/aromatic N) is 2. The van der Waals surface area contributed by atoms with Gasteiger partial charge in [-0.25, -0.2) is 0 Å². The summed E-state index contributed by atoms with van der Waals surface area (Å²) >= 11 is 3.90. The molecule has 0 spiro atoms. The standard InChI is InChI=1S/C23H25BrN2O2/c1-16(17-9-5-3-6-10-17)25-13-20-22(2)26(21(27)23(20,24)15-25)19(14-28-22)18-11-7-4-8-12-18/h3-12,16,19-20H,13-15H2,1-2H3/t16-,19+,20-,22+,23+/m0/s1. The Morgan fingerprint density at radius 1 is 1.11 bits per heavy atom. The third-order valence-electron chi connectivity index (χ3n) is 6.96. The summed E-state index contributed by atoms with van der Waals surface area (Å²) in [5, 5.41) is 0. The van der Waals surface area contributed by atoms with Gasteiger partial charge >= 0.3 is 0 Å². The van der Waals surface area contributed by atoms with Crippen molar-refractivity contribution in [1.29, 1.82) is 0 Å². The van der Waals surface area contributed by atoms with Gasteiger partial charge in [-0.1, -0.05) is 76.6 Å². The summed E-state index contributed by atoms with van der Waals surface area (Å²) in [7, 11) is 0. The summed E-state index contributed by atoms with van der Waals surface area (Å²) < 4.78 is 5.78. The molecule has 2 aromatic rings. The minimum atomic E-state index is -0.585. The molecule has 5 atom stereocenters. The van der Waals surface area contributed by atoms with Gasteiger partial charge in [-0.05, 0) is 25.0 Å². The molecule has 3 saturated heterocycles. The zero-order valence-electron chi connectivity index (χ0n) is 16.2. The smallest absolute Gasteiger partial charge is 0.244 e. The summed E-state index contributed by atoms with van der Waals surface area (Å²) in [4.78, 5) is 18.1. The van der Waals surface area contributed by atoms with Crippen molar-refractivity contribution in [3.8, 4) is 0 Å². The van der Waals surface area contributed by atoms with E-state index in [1.807, 2.05) is 29.2 Å². The van der Waals surface area contributed by atoms with Crippen molar-refractivity contribution in [1.82, 2.24) is 9.80 Å². The number of amides is 1. The van der Waals surface area contributed by atoms with Gasteiger partial charge in [0.05, 0.1) is 12.6 Å². The molecular weight excluding hydrogens is 416 g/mol. The van der Waals surface area contributed by atoms with E-state index in [-0.39, 0.29) is 23.9 Å². The van der Waals surface area contributed by atoms with E-state index in [9.17, 15) is 4.79 Å². The molecule has 3 aliphatic rings. The molecule has 3 heterocycles. The maximum absolute atomic E-state index is 13.7. The number of hydrogen-bond donors (Lipinski definition) is 0. The first-order valence-electron chi connectivity index (χ1n) is 9.96. The van der Waals surface area contributed by atoms with Gasteiger partial charge in [-0.2, -0.15) is 0 Å². The highest BCUT2D eigenvalue weighted by molar-refractivity contribution is 9.10. The second-order valence-corrected chi connectivity index (χ2v) is 9.81. The molecular formula is C23H25BrN2O2. The molecule has 146 valence electrons. The lowest BCUT2D eigenvalue weighted by Crippen LogP contribution is -2.46. The van der Waals surface area contributed by atoms with Gasteiger partial charge in [-0.3, -0.25) is 9.69 Å². The molecule has 1 amide bonds. The van der Waals surface area contributed by atoms with Crippen LogP contribution in [-0.4, -0.2) is 45.5 Å². The van der Waals surface area contributed by atoms with Gasteiger partial charge in [0.1, 0.15) is 10.0 Å². The lowest BCUT2D eigenvalue weighted by molar-refractivity contribution is -0.140. The first-order chi connectivity index (χ1) is 13.4. The van der Waals surface area contributed by atoms with Crippen LogP contribution in [0.25, 0.3) is 0 Å². The van der Waals surface area contributed by atoms with Crippen molar-refractivity contribution in [2.24, 2.45) is 5.92 Å². The normalized spacial score (nSPS) is 35.8. The van der Waals surface area contributed by atoms with Gasteiger partial charge in [0, 0.05) is 25.0 Å². The van der Waals surface area contributed by atoms with E-state index >= 15 is 0 Å². The minimum absolute atomic E-state index is 0.0151. The van der Waals surface area contributed by atoms with E-state index in [1.54, 1.807) is 0 Å². The molecule has 0 aromatic heterocycles. The number of carbonyl (C=O) groups is 1. The zero-order chi connectivity index (χ0) is 19.5. The lowest BCUT2D eigenvalue weighted by atomic mass is 9.91. The van der Waals surface area contributed by atoms with E-state index in [2.05, 4.69) is 71.1 Å². The number of ether oxygens (including phenoxy) is 1. The van der Waals surface area contributed by atoms with E-state index in [0.29, 0.717) is 13.2 Å². The molecule has 3 aliphatic heterocycles. The van der Waals surface area contributed by atoms with Crippen molar-refractivity contribution in [3.05, 3.63) is 71.8 Å². The molecule has 28 heavy (non-hydrogen) atoms. The Labute approximate surface area is 174 Å². The largest absolute Gasteiger partial charge is 0.353 e. The molecule has 0 radical (unpaired) electrons. The van der Waals surface area contributed by atoms with Crippen molar-refractivity contribution >= 4 is 21.8 Å². The van der Waals surface area contributed by atoms with Crippen LogP contribution in [0.1, 0.15) is 37.1 Å². The van der Waals surface area contributed by atoms with Gasteiger partial charge in [0.25, 0.3) is 0 Å². The fraction of sp³-hybridized carbons (Fsp3) is 0.435. The number of fused-ring (bicyclic) bond motifs is 3.